The predicted octanol–water partition coefficient (Wildman–Crippen LogP) is 2.99. The molecule has 5 rings (SSSR count). The van der Waals surface area contributed by atoms with Gasteiger partial charge in [-0.3, -0.25) is 14.3 Å². The average Bonchev–Trinajstić information content (AvgIpc) is 3.33. The highest BCUT2D eigenvalue weighted by Crippen LogP contribution is 2.26. The van der Waals surface area contributed by atoms with Gasteiger partial charge in [0.05, 0.1) is 30.6 Å². The number of hydrogen-bond donors (Lipinski definition) is 2. The van der Waals surface area contributed by atoms with Crippen LogP contribution in [0.3, 0.4) is 0 Å². The molecule has 194 valence electrons. The Hall–Kier alpha value is -3.24. The van der Waals surface area contributed by atoms with Crippen molar-refractivity contribution in [3.63, 3.8) is 0 Å². The van der Waals surface area contributed by atoms with Crippen molar-refractivity contribution in [3.8, 4) is 11.4 Å². The first-order valence-corrected chi connectivity index (χ1v) is 12.9. The lowest BCUT2D eigenvalue weighted by atomic mass is 9.91. The third kappa shape index (κ3) is 5.86. The summed E-state index contributed by atoms with van der Waals surface area (Å²) in [6.45, 7) is 3.65. The average molecular weight is 523 g/mol. The molecule has 1 aliphatic heterocycles. The van der Waals surface area contributed by atoms with E-state index >= 15 is 0 Å². The van der Waals surface area contributed by atoms with Gasteiger partial charge in [0, 0.05) is 24.7 Å². The number of hydrogen-bond acceptors (Lipinski definition) is 7. The number of nitrogens with zero attached hydrogens (tertiary/aromatic N) is 5. The van der Waals surface area contributed by atoms with E-state index in [9.17, 15) is 9.90 Å². The molecule has 1 saturated heterocycles. The van der Waals surface area contributed by atoms with Crippen LogP contribution in [0.15, 0.2) is 65.8 Å². The molecule has 1 aliphatic rings. The molecular weight excluding hydrogens is 492 g/mol. The Morgan fingerprint density at radius 1 is 1.14 bits per heavy atom. The van der Waals surface area contributed by atoms with Crippen molar-refractivity contribution < 1.29 is 9.84 Å². The zero-order chi connectivity index (χ0) is 25.8. The summed E-state index contributed by atoms with van der Waals surface area (Å²) in [7, 11) is 0. The number of benzene rings is 2. The van der Waals surface area contributed by atoms with Crippen molar-refractivity contribution in [3.05, 3.63) is 82.0 Å². The number of halogens is 1. The van der Waals surface area contributed by atoms with Gasteiger partial charge >= 0.3 is 0 Å². The van der Waals surface area contributed by atoms with Gasteiger partial charge in [-0.15, -0.1) is 0 Å². The van der Waals surface area contributed by atoms with Gasteiger partial charge in [0.25, 0.3) is 5.56 Å². The Morgan fingerprint density at radius 3 is 2.68 bits per heavy atom. The topological polar surface area (TPSA) is 111 Å². The molecule has 0 saturated carbocycles. The van der Waals surface area contributed by atoms with E-state index in [2.05, 4.69) is 27.1 Å². The van der Waals surface area contributed by atoms with E-state index < -0.39 is 5.60 Å². The van der Waals surface area contributed by atoms with Crippen molar-refractivity contribution in [1.29, 1.82) is 0 Å². The fourth-order valence-corrected chi connectivity index (χ4v) is 4.83. The van der Waals surface area contributed by atoms with Crippen LogP contribution in [0.4, 0.5) is 0 Å². The third-order valence-electron chi connectivity index (χ3n) is 6.80. The lowest BCUT2D eigenvalue weighted by Crippen LogP contribution is -2.47. The van der Waals surface area contributed by atoms with Crippen molar-refractivity contribution in [2.24, 2.45) is 5.73 Å². The first-order valence-electron chi connectivity index (χ1n) is 12.5. The number of piperidine rings is 1. The largest absolute Gasteiger partial charge is 0.494 e. The van der Waals surface area contributed by atoms with Gasteiger partial charge in [0.2, 0.25) is 0 Å². The molecule has 2 aromatic heterocycles. The SMILES string of the molecule is NCCCOc1cccc(CN2CCC(O)(Cn3cnc4c(cnn4-c4ccc(Cl)cc4)c3=O)CC2)c1. The van der Waals surface area contributed by atoms with Gasteiger partial charge < -0.3 is 15.6 Å². The van der Waals surface area contributed by atoms with Crippen LogP contribution in [0.1, 0.15) is 24.8 Å². The van der Waals surface area contributed by atoms with Gasteiger partial charge in [0.15, 0.2) is 5.65 Å². The van der Waals surface area contributed by atoms with Crippen molar-refractivity contribution in [2.45, 2.75) is 38.0 Å². The third-order valence-corrected chi connectivity index (χ3v) is 7.05. The van der Waals surface area contributed by atoms with Gasteiger partial charge in [-0.05, 0) is 67.8 Å². The van der Waals surface area contributed by atoms with E-state index in [4.69, 9.17) is 22.1 Å². The Balaban J connectivity index is 1.23. The number of aliphatic hydroxyl groups is 1. The standard InChI is InChI=1S/C27H31ClN6O3/c28-21-5-7-22(8-6-21)34-25-24(16-31-34)26(35)33(19-30-25)18-27(36)9-12-32(13-10-27)17-20-3-1-4-23(15-20)37-14-2-11-29/h1,3-8,15-16,19,36H,2,9-14,17-18,29H2. The fraction of sp³-hybridized carbons (Fsp3) is 0.370. The normalized spacial score (nSPS) is 15.8. The molecule has 1 fully saturated rings. The monoisotopic (exact) mass is 522 g/mol. The van der Waals surface area contributed by atoms with E-state index in [0.29, 0.717) is 42.0 Å². The second-order valence-corrected chi connectivity index (χ2v) is 10.0. The zero-order valence-corrected chi connectivity index (χ0v) is 21.3. The lowest BCUT2D eigenvalue weighted by molar-refractivity contribution is -0.0365. The van der Waals surface area contributed by atoms with Crippen molar-refractivity contribution >= 4 is 22.6 Å². The van der Waals surface area contributed by atoms with Crippen LogP contribution in [0.25, 0.3) is 16.7 Å². The molecule has 9 nitrogen and oxygen atoms in total. The molecule has 0 unspecified atom stereocenters. The molecular formula is C27H31ClN6O3. The molecule has 4 aromatic rings. The summed E-state index contributed by atoms with van der Waals surface area (Å²) >= 11 is 5.99. The molecule has 3 heterocycles. The van der Waals surface area contributed by atoms with E-state index in [-0.39, 0.29) is 12.1 Å². The highest BCUT2D eigenvalue weighted by atomic mass is 35.5. The van der Waals surface area contributed by atoms with Gasteiger partial charge in [-0.2, -0.15) is 5.10 Å². The van der Waals surface area contributed by atoms with Crippen LogP contribution in [0.2, 0.25) is 5.02 Å². The van der Waals surface area contributed by atoms with Gasteiger partial charge in [-0.1, -0.05) is 23.7 Å². The maximum absolute atomic E-state index is 13.2. The Morgan fingerprint density at radius 2 is 1.92 bits per heavy atom. The highest BCUT2D eigenvalue weighted by Gasteiger charge is 2.33. The molecule has 10 heteroatoms. The summed E-state index contributed by atoms with van der Waals surface area (Å²) in [4.78, 5) is 20.0. The minimum Gasteiger partial charge on any atom is -0.494 e. The van der Waals surface area contributed by atoms with Gasteiger partial charge in [0.1, 0.15) is 17.5 Å². The van der Waals surface area contributed by atoms with Crippen molar-refractivity contribution in [1.82, 2.24) is 24.2 Å². The second kappa shape index (κ2) is 11.0. The molecule has 0 amide bonds. The number of aromatic nitrogens is 4. The Labute approximate surface area is 220 Å². The first-order chi connectivity index (χ1) is 17.9. The Bertz CT molecular complexity index is 1410. The van der Waals surface area contributed by atoms with E-state index in [0.717, 1.165) is 37.5 Å². The van der Waals surface area contributed by atoms with Gasteiger partial charge in [-0.25, -0.2) is 9.67 Å². The number of ether oxygens (including phenoxy) is 1. The molecule has 0 aliphatic carbocycles. The van der Waals surface area contributed by atoms with Crippen molar-refractivity contribution in [2.75, 3.05) is 26.2 Å². The maximum atomic E-state index is 13.2. The molecule has 3 N–H and O–H groups in total. The molecule has 37 heavy (non-hydrogen) atoms. The minimum atomic E-state index is -0.977. The smallest absolute Gasteiger partial charge is 0.264 e. The van der Waals surface area contributed by atoms with Crippen LogP contribution >= 0.6 is 11.6 Å². The van der Waals surface area contributed by atoms with E-state index in [1.54, 1.807) is 16.8 Å². The predicted molar refractivity (Wildman–Crippen MR) is 143 cm³/mol. The lowest BCUT2D eigenvalue weighted by Gasteiger charge is -2.38. The summed E-state index contributed by atoms with van der Waals surface area (Å²) in [5, 5.41) is 16.7. The molecule has 0 bridgehead atoms. The summed E-state index contributed by atoms with van der Waals surface area (Å²) in [6, 6.07) is 15.3. The van der Waals surface area contributed by atoms with Crippen LogP contribution in [0.5, 0.6) is 5.75 Å². The number of fused-ring (bicyclic) bond motifs is 1. The molecule has 2 aromatic carbocycles. The summed E-state index contributed by atoms with van der Waals surface area (Å²) in [5.74, 6) is 0.848. The minimum absolute atomic E-state index is 0.194. The van der Waals surface area contributed by atoms with Crippen LogP contribution in [0, 0.1) is 0 Å². The maximum Gasteiger partial charge on any atom is 0.264 e. The molecule has 0 spiro atoms. The Kier molecular flexibility index (Phi) is 7.57. The second-order valence-electron chi connectivity index (χ2n) is 9.59. The van der Waals surface area contributed by atoms with E-state index in [1.807, 2.05) is 24.3 Å². The number of rotatable bonds is 9. The van der Waals surface area contributed by atoms with Crippen LogP contribution < -0.4 is 16.0 Å². The highest BCUT2D eigenvalue weighted by molar-refractivity contribution is 6.30. The van der Waals surface area contributed by atoms with Crippen LogP contribution in [-0.2, 0) is 13.1 Å². The summed E-state index contributed by atoms with van der Waals surface area (Å²) in [5.41, 5.74) is 6.75. The quantitative estimate of drug-likeness (QED) is 0.325. The van der Waals surface area contributed by atoms with E-state index in [1.165, 1.54) is 22.7 Å². The summed E-state index contributed by atoms with van der Waals surface area (Å²) in [6.07, 6.45) is 4.98. The molecule has 0 atom stereocenters. The number of nitrogens with two attached hydrogens (primary N) is 1. The fourth-order valence-electron chi connectivity index (χ4n) is 4.70. The number of likely N-dealkylation sites (tertiary alicyclic amines) is 1. The molecule has 0 radical (unpaired) electrons. The van der Waals surface area contributed by atoms with Crippen LogP contribution in [-0.4, -0.2) is 61.2 Å². The first kappa shape index (κ1) is 25.4. The zero-order valence-electron chi connectivity index (χ0n) is 20.6. The summed E-state index contributed by atoms with van der Waals surface area (Å²) < 4.78 is 8.87.